The van der Waals surface area contributed by atoms with Gasteiger partial charge < -0.3 is 0 Å². The van der Waals surface area contributed by atoms with Gasteiger partial charge in [0.25, 0.3) is 0 Å². The molecule has 2 heteroatoms. The van der Waals surface area contributed by atoms with Crippen LogP contribution in [0.25, 0.3) is 12.2 Å². The van der Waals surface area contributed by atoms with Gasteiger partial charge >= 0.3 is 0 Å². The second-order valence-electron chi connectivity index (χ2n) is 8.07. The van der Waals surface area contributed by atoms with Crippen LogP contribution in [0.15, 0.2) is 59.7 Å². The standard InChI is InChI=1S/C14H16O.C13H14O/c1-11-6-8-12(9-7-11)10-13-4-2-3-5-14(13)15;1-10-5-7-11(8-6-10)9-12-3-2-4-13(12)14/h6-10H,2-5H2,1H3;5-9H,2-4H2,1H3/b13-10+;12-9+. The fourth-order valence-electron chi connectivity index (χ4n) is 3.67. The monoisotopic (exact) mass is 386 g/mol. The van der Waals surface area contributed by atoms with Gasteiger partial charge in [-0.05, 0) is 80.4 Å². The molecule has 0 aromatic heterocycles. The maximum atomic E-state index is 11.6. The maximum absolute atomic E-state index is 11.6. The first-order chi connectivity index (χ1) is 14.0. The molecule has 2 fully saturated rings. The van der Waals surface area contributed by atoms with E-state index in [9.17, 15) is 9.59 Å². The van der Waals surface area contributed by atoms with Gasteiger partial charge in [0.05, 0.1) is 0 Å². The largest absolute Gasteiger partial charge is 0.295 e. The van der Waals surface area contributed by atoms with Gasteiger partial charge in [-0.25, -0.2) is 0 Å². The Morgan fingerprint density at radius 2 is 0.931 bits per heavy atom. The van der Waals surface area contributed by atoms with Gasteiger partial charge in [-0.1, -0.05) is 59.7 Å². The SMILES string of the molecule is Cc1ccc(/C=C2\CCCC2=O)cc1.Cc1ccc(/C=C2\CCCCC2=O)cc1. The number of rotatable bonds is 2. The number of carbonyl (C=O) groups is 2. The number of hydrogen-bond donors (Lipinski definition) is 0. The first kappa shape index (κ1) is 21.0. The lowest BCUT2D eigenvalue weighted by molar-refractivity contribution is -0.116. The lowest BCUT2D eigenvalue weighted by Crippen LogP contribution is -2.07. The molecule has 0 amide bonds. The average molecular weight is 387 g/mol. The fourth-order valence-corrected chi connectivity index (χ4v) is 3.67. The van der Waals surface area contributed by atoms with Crippen LogP contribution in [-0.4, -0.2) is 11.6 Å². The quantitative estimate of drug-likeness (QED) is 0.541. The Balaban J connectivity index is 0.000000166. The lowest BCUT2D eigenvalue weighted by atomic mass is 9.92. The van der Waals surface area contributed by atoms with Crippen molar-refractivity contribution in [1.29, 1.82) is 0 Å². The lowest BCUT2D eigenvalue weighted by Gasteiger charge is -2.12. The molecule has 29 heavy (non-hydrogen) atoms. The Morgan fingerprint density at radius 1 is 0.552 bits per heavy atom. The molecule has 150 valence electrons. The van der Waals surface area contributed by atoms with E-state index in [-0.39, 0.29) is 0 Å². The van der Waals surface area contributed by atoms with Gasteiger partial charge in [0.2, 0.25) is 0 Å². The molecule has 2 saturated carbocycles. The summed E-state index contributed by atoms with van der Waals surface area (Å²) >= 11 is 0. The van der Waals surface area contributed by atoms with Crippen molar-refractivity contribution in [2.45, 2.75) is 58.8 Å². The third-order valence-electron chi connectivity index (χ3n) is 5.50. The molecule has 0 N–H and O–H groups in total. The van der Waals surface area contributed by atoms with Gasteiger partial charge in [0.1, 0.15) is 0 Å². The normalized spacial score (nSPS) is 19.4. The highest BCUT2D eigenvalue weighted by Crippen LogP contribution is 2.23. The number of Topliss-reactive ketones (excluding diaryl/α,β-unsaturated/α-hetero) is 2. The Morgan fingerprint density at radius 3 is 1.34 bits per heavy atom. The highest BCUT2D eigenvalue weighted by atomic mass is 16.1. The zero-order valence-corrected chi connectivity index (χ0v) is 17.5. The molecule has 0 spiro atoms. The Hall–Kier alpha value is -2.74. The molecule has 2 nitrogen and oxygen atoms in total. The van der Waals surface area contributed by atoms with Gasteiger partial charge in [0, 0.05) is 12.8 Å². The summed E-state index contributed by atoms with van der Waals surface area (Å²) in [7, 11) is 0. The average Bonchev–Trinajstić information content (AvgIpc) is 3.12. The van der Waals surface area contributed by atoms with Crippen molar-refractivity contribution in [3.63, 3.8) is 0 Å². The first-order valence-corrected chi connectivity index (χ1v) is 10.6. The molecule has 0 unspecified atom stereocenters. The minimum absolute atomic E-state index is 0.325. The van der Waals surface area contributed by atoms with E-state index in [2.05, 4.69) is 62.4 Å². The van der Waals surface area contributed by atoms with Crippen molar-refractivity contribution in [2.75, 3.05) is 0 Å². The number of allylic oxidation sites excluding steroid dienone is 2. The molecule has 4 rings (SSSR count). The second kappa shape index (κ2) is 10.2. The van der Waals surface area contributed by atoms with Crippen molar-refractivity contribution < 1.29 is 9.59 Å². The summed E-state index contributed by atoms with van der Waals surface area (Å²) in [4.78, 5) is 23.0. The van der Waals surface area contributed by atoms with Gasteiger partial charge in [-0.15, -0.1) is 0 Å². The van der Waals surface area contributed by atoms with Crippen molar-refractivity contribution in [2.24, 2.45) is 0 Å². The van der Waals surface area contributed by atoms with Crippen molar-refractivity contribution >= 4 is 23.7 Å². The molecule has 2 aliphatic rings. The summed E-state index contributed by atoms with van der Waals surface area (Å²) < 4.78 is 0. The predicted molar refractivity (Wildman–Crippen MR) is 121 cm³/mol. The van der Waals surface area contributed by atoms with E-state index in [1.54, 1.807) is 0 Å². The van der Waals surface area contributed by atoms with Crippen molar-refractivity contribution in [1.82, 2.24) is 0 Å². The first-order valence-electron chi connectivity index (χ1n) is 10.6. The number of ketones is 2. The number of hydrogen-bond acceptors (Lipinski definition) is 2. The van der Waals surface area contributed by atoms with Crippen LogP contribution in [0, 0.1) is 13.8 Å². The highest BCUT2D eigenvalue weighted by molar-refractivity contribution is 6.01. The van der Waals surface area contributed by atoms with E-state index in [0.29, 0.717) is 11.6 Å². The summed E-state index contributed by atoms with van der Waals surface area (Å²) in [5, 5.41) is 0. The van der Waals surface area contributed by atoms with Crippen LogP contribution < -0.4 is 0 Å². The fraction of sp³-hybridized carbons (Fsp3) is 0.333. The third kappa shape index (κ3) is 6.39. The molecule has 0 heterocycles. The van der Waals surface area contributed by atoms with E-state index >= 15 is 0 Å². The van der Waals surface area contributed by atoms with Crippen LogP contribution in [-0.2, 0) is 9.59 Å². The van der Waals surface area contributed by atoms with E-state index in [1.807, 2.05) is 12.2 Å². The molecular formula is C27H30O2. The number of benzene rings is 2. The van der Waals surface area contributed by atoms with Crippen LogP contribution in [0.4, 0.5) is 0 Å². The number of aryl methyl sites for hydroxylation is 2. The van der Waals surface area contributed by atoms with Crippen molar-refractivity contribution in [3.8, 4) is 0 Å². The Kier molecular flexibility index (Phi) is 7.35. The zero-order chi connectivity index (χ0) is 20.6. The van der Waals surface area contributed by atoms with Crippen LogP contribution in [0.3, 0.4) is 0 Å². The highest BCUT2D eigenvalue weighted by Gasteiger charge is 2.16. The second-order valence-corrected chi connectivity index (χ2v) is 8.07. The molecule has 2 aromatic carbocycles. The summed E-state index contributed by atoms with van der Waals surface area (Å²) in [5.41, 5.74) is 6.79. The minimum Gasteiger partial charge on any atom is -0.295 e. The maximum Gasteiger partial charge on any atom is 0.158 e. The minimum atomic E-state index is 0.325. The Bertz CT molecular complexity index is 912. The predicted octanol–water partition coefficient (Wildman–Crippen LogP) is 6.65. The summed E-state index contributed by atoms with van der Waals surface area (Å²) in [5.74, 6) is 0.660. The van der Waals surface area contributed by atoms with Crippen molar-refractivity contribution in [3.05, 3.63) is 81.9 Å². The summed E-state index contributed by atoms with van der Waals surface area (Å²) in [6, 6.07) is 16.6. The molecule has 0 radical (unpaired) electrons. The summed E-state index contributed by atoms with van der Waals surface area (Å²) in [6.07, 6.45) is 10.7. The number of carbonyl (C=O) groups excluding carboxylic acids is 2. The van der Waals surface area contributed by atoms with Crippen LogP contribution in [0.5, 0.6) is 0 Å². The van der Waals surface area contributed by atoms with Crippen LogP contribution in [0.2, 0.25) is 0 Å². The molecule has 2 aromatic rings. The van der Waals surface area contributed by atoms with E-state index in [4.69, 9.17) is 0 Å². The van der Waals surface area contributed by atoms with E-state index in [0.717, 1.165) is 67.2 Å². The summed E-state index contributed by atoms with van der Waals surface area (Å²) in [6.45, 7) is 4.14. The zero-order valence-electron chi connectivity index (χ0n) is 17.5. The molecular weight excluding hydrogens is 356 g/mol. The molecule has 0 bridgehead atoms. The topological polar surface area (TPSA) is 34.1 Å². The Labute approximate surface area is 174 Å². The molecule has 2 aliphatic carbocycles. The van der Waals surface area contributed by atoms with Crippen LogP contribution >= 0.6 is 0 Å². The van der Waals surface area contributed by atoms with Gasteiger partial charge in [-0.3, -0.25) is 9.59 Å². The van der Waals surface area contributed by atoms with Crippen LogP contribution in [0.1, 0.15) is 67.2 Å². The van der Waals surface area contributed by atoms with E-state index in [1.165, 1.54) is 11.1 Å². The van der Waals surface area contributed by atoms with Gasteiger partial charge in [0.15, 0.2) is 11.6 Å². The van der Waals surface area contributed by atoms with Gasteiger partial charge in [-0.2, -0.15) is 0 Å². The van der Waals surface area contributed by atoms with E-state index < -0.39 is 0 Å². The third-order valence-corrected chi connectivity index (χ3v) is 5.50. The smallest absolute Gasteiger partial charge is 0.158 e. The molecule has 0 aliphatic heterocycles. The molecule has 0 saturated heterocycles. The molecule has 0 atom stereocenters.